The van der Waals surface area contributed by atoms with E-state index in [1.807, 2.05) is 0 Å². The van der Waals surface area contributed by atoms with E-state index in [9.17, 15) is 0 Å². The second-order valence-electron chi connectivity index (χ2n) is 8.75. The third-order valence-corrected chi connectivity index (χ3v) is 7.56. The highest BCUT2D eigenvalue weighted by Gasteiger charge is 2.61. The molecular formula is C20H38. The highest BCUT2D eigenvalue weighted by molar-refractivity contribution is 5.10. The topological polar surface area (TPSA) is 0 Å². The molecule has 0 heterocycles. The van der Waals surface area contributed by atoms with Gasteiger partial charge in [0.15, 0.2) is 0 Å². The molecule has 0 saturated heterocycles. The maximum Gasteiger partial charge on any atom is -0.0241 e. The molecule has 2 rings (SSSR count). The van der Waals surface area contributed by atoms with Crippen LogP contribution >= 0.6 is 0 Å². The molecule has 0 nitrogen and oxygen atoms in total. The van der Waals surface area contributed by atoms with Gasteiger partial charge in [-0.3, -0.25) is 0 Å². The molecule has 0 amide bonds. The summed E-state index contributed by atoms with van der Waals surface area (Å²) in [5.74, 6) is 2.98. The van der Waals surface area contributed by atoms with Crippen LogP contribution in [0.25, 0.3) is 0 Å². The van der Waals surface area contributed by atoms with Gasteiger partial charge in [0, 0.05) is 0 Å². The first kappa shape index (κ1) is 16.4. The van der Waals surface area contributed by atoms with Crippen LogP contribution in [0.4, 0.5) is 0 Å². The van der Waals surface area contributed by atoms with Gasteiger partial charge in [0.2, 0.25) is 0 Å². The smallest absolute Gasteiger partial charge is 0.0241 e. The van der Waals surface area contributed by atoms with Crippen LogP contribution in [-0.4, -0.2) is 0 Å². The van der Waals surface area contributed by atoms with E-state index in [0.29, 0.717) is 10.8 Å². The van der Waals surface area contributed by atoms with Crippen molar-refractivity contribution in [1.29, 1.82) is 0 Å². The second-order valence-corrected chi connectivity index (χ2v) is 8.75. The third kappa shape index (κ3) is 2.81. The van der Waals surface area contributed by atoms with Gasteiger partial charge in [0.25, 0.3) is 0 Å². The zero-order valence-corrected chi connectivity index (χ0v) is 14.8. The van der Waals surface area contributed by atoms with Gasteiger partial charge < -0.3 is 0 Å². The number of hydrogen-bond acceptors (Lipinski definition) is 0. The van der Waals surface area contributed by atoms with Crippen LogP contribution in [0, 0.1) is 28.6 Å². The molecule has 0 aromatic rings. The number of rotatable bonds is 8. The van der Waals surface area contributed by atoms with Crippen LogP contribution in [0.3, 0.4) is 0 Å². The molecule has 0 heteroatoms. The normalized spacial score (nSPS) is 36.5. The van der Waals surface area contributed by atoms with E-state index in [1.54, 1.807) is 0 Å². The fraction of sp³-hybridized carbons (Fsp3) is 1.00. The molecule has 2 saturated carbocycles. The molecule has 2 fully saturated rings. The minimum atomic E-state index is 0.604. The standard InChI is InChI=1S/C20H38/c1-6-7-8-9-10-11-12-16(2)18-15-17-13-14-20(18,5)19(17,3)4/h16-18H,6-15H2,1-5H3. The van der Waals surface area contributed by atoms with Gasteiger partial charge in [-0.2, -0.15) is 0 Å². The molecule has 0 aromatic heterocycles. The number of unbranched alkanes of at least 4 members (excludes halogenated alkanes) is 5. The molecule has 0 radical (unpaired) electrons. The highest BCUT2D eigenvalue weighted by atomic mass is 14.7. The number of fused-ring (bicyclic) bond motifs is 2. The molecular weight excluding hydrogens is 240 g/mol. The first-order chi connectivity index (χ1) is 9.43. The zero-order chi connectivity index (χ0) is 14.8. The van der Waals surface area contributed by atoms with Crippen LogP contribution in [0.1, 0.15) is 98.8 Å². The lowest BCUT2D eigenvalue weighted by atomic mass is 9.63. The van der Waals surface area contributed by atoms with Crippen LogP contribution in [0.2, 0.25) is 0 Å². The number of hydrogen-bond donors (Lipinski definition) is 0. The SMILES string of the molecule is CCCCCCCCC(C)C1CC2CCC1(C)C2(C)C. The van der Waals surface area contributed by atoms with Crippen molar-refractivity contribution in [3.8, 4) is 0 Å². The summed E-state index contributed by atoms with van der Waals surface area (Å²) in [6.07, 6.45) is 14.7. The summed E-state index contributed by atoms with van der Waals surface area (Å²) < 4.78 is 0. The zero-order valence-electron chi connectivity index (χ0n) is 14.8. The lowest BCUT2D eigenvalue weighted by molar-refractivity contribution is 0.0680. The molecule has 4 atom stereocenters. The van der Waals surface area contributed by atoms with Gasteiger partial charge in [0.1, 0.15) is 0 Å². The third-order valence-electron chi connectivity index (χ3n) is 7.56. The van der Waals surface area contributed by atoms with Gasteiger partial charge in [-0.25, -0.2) is 0 Å². The van der Waals surface area contributed by atoms with E-state index in [0.717, 1.165) is 17.8 Å². The summed E-state index contributed by atoms with van der Waals surface area (Å²) in [5, 5.41) is 0. The Labute approximate surface area is 128 Å². The van der Waals surface area contributed by atoms with E-state index in [1.165, 1.54) is 64.2 Å². The fourth-order valence-electron chi connectivity index (χ4n) is 5.57. The Kier molecular flexibility index (Phi) is 5.24. The summed E-state index contributed by atoms with van der Waals surface area (Å²) >= 11 is 0. The monoisotopic (exact) mass is 278 g/mol. The van der Waals surface area contributed by atoms with Crippen molar-refractivity contribution >= 4 is 0 Å². The molecule has 2 aliphatic rings. The van der Waals surface area contributed by atoms with Gasteiger partial charge >= 0.3 is 0 Å². The highest BCUT2D eigenvalue weighted by Crippen LogP contribution is 2.69. The summed E-state index contributed by atoms with van der Waals surface area (Å²) in [4.78, 5) is 0. The lowest BCUT2D eigenvalue weighted by Gasteiger charge is -2.42. The average Bonchev–Trinajstić information content (AvgIpc) is 2.75. The molecule has 0 aliphatic heterocycles. The maximum atomic E-state index is 2.61. The summed E-state index contributed by atoms with van der Waals surface area (Å²) in [6.45, 7) is 12.6. The van der Waals surface area contributed by atoms with E-state index in [4.69, 9.17) is 0 Å². The van der Waals surface area contributed by atoms with Crippen molar-refractivity contribution in [2.75, 3.05) is 0 Å². The van der Waals surface area contributed by atoms with Crippen molar-refractivity contribution in [2.45, 2.75) is 98.8 Å². The Balaban J connectivity index is 1.76. The van der Waals surface area contributed by atoms with Gasteiger partial charge in [-0.15, -0.1) is 0 Å². The van der Waals surface area contributed by atoms with Gasteiger partial charge in [-0.1, -0.05) is 79.6 Å². The van der Waals surface area contributed by atoms with Crippen molar-refractivity contribution in [3.05, 3.63) is 0 Å². The minimum absolute atomic E-state index is 0.604. The summed E-state index contributed by atoms with van der Waals surface area (Å²) in [5.41, 5.74) is 1.24. The molecule has 20 heavy (non-hydrogen) atoms. The Hall–Kier alpha value is 0. The summed E-state index contributed by atoms with van der Waals surface area (Å²) in [7, 11) is 0. The Bertz CT molecular complexity index is 303. The Morgan fingerprint density at radius 3 is 2.20 bits per heavy atom. The molecule has 118 valence electrons. The predicted octanol–water partition coefficient (Wildman–Crippen LogP) is 6.84. The lowest BCUT2D eigenvalue weighted by Crippen LogP contribution is -2.35. The second kappa shape index (κ2) is 6.41. The Morgan fingerprint density at radius 2 is 1.65 bits per heavy atom. The minimum Gasteiger partial charge on any atom is -0.0654 e. The van der Waals surface area contributed by atoms with Crippen molar-refractivity contribution in [2.24, 2.45) is 28.6 Å². The van der Waals surface area contributed by atoms with Crippen LogP contribution < -0.4 is 0 Å². The van der Waals surface area contributed by atoms with E-state index in [2.05, 4.69) is 34.6 Å². The molecule has 0 N–H and O–H groups in total. The van der Waals surface area contributed by atoms with E-state index >= 15 is 0 Å². The molecule has 0 aromatic carbocycles. The molecule has 2 bridgehead atoms. The van der Waals surface area contributed by atoms with E-state index < -0.39 is 0 Å². The molecule has 2 aliphatic carbocycles. The van der Waals surface area contributed by atoms with Gasteiger partial charge in [-0.05, 0) is 47.8 Å². The Morgan fingerprint density at radius 1 is 1.00 bits per heavy atom. The van der Waals surface area contributed by atoms with Crippen molar-refractivity contribution in [1.82, 2.24) is 0 Å². The van der Waals surface area contributed by atoms with Gasteiger partial charge in [0.05, 0.1) is 0 Å². The predicted molar refractivity (Wildman–Crippen MR) is 89.9 cm³/mol. The first-order valence-corrected chi connectivity index (χ1v) is 9.43. The maximum absolute atomic E-state index is 2.61. The van der Waals surface area contributed by atoms with Crippen LogP contribution in [0.15, 0.2) is 0 Å². The largest absolute Gasteiger partial charge is 0.0654 e. The van der Waals surface area contributed by atoms with Crippen molar-refractivity contribution in [3.63, 3.8) is 0 Å². The molecule has 0 spiro atoms. The van der Waals surface area contributed by atoms with Crippen LogP contribution in [0.5, 0.6) is 0 Å². The van der Waals surface area contributed by atoms with Crippen molar-refractivity contribution < 1.29 is 0 Å². The average molecular weight is 279 g/mol. The quantitative estimate of drug-likeness (QED) is 0.426. The first-order valence-electron chi connectivity index (χ1n) is 9.43. The fourth-order valence-corrected chi connectivity index (χ4v) is 5.57. The summed E-state index contributed by atoms with van der Waals surface area (Å²) in [6, 6.07) is 0. The van der Waals surface area contributed by atoms with E-state index in [-0.39, 0.29) is 0 Å². The van der Waals surface area contributed by atoms with Crippen LogP contribution in [-0.2, 0) is 0 Å². The molecule has 4 unspecified atom stereocenters.